The summed E-state index contributed by atoms with van der Waals surface area (Å²) < 4.78 is 10.9. The Hall–Kier alpha value is -3.02. The third kappa shape index (κ3) is 5.24. The van der Waals surface area contributed by atoms with Crippen molar-refractivity contribution in [1.82, 2.24) is 5.32 Å². The van der Waals surface area contributed by atoms with Gasteiger partial charge < -0.3 is 20.1 Å². The van der Waals surface area contributed by atoms with Gasteiger partial charge in [0.25, 0.3) is 0 Å². The average Bonchev–Trinajstić information content (AvgIpc) is 2.66. The maximum atomic E-state index is 12.0. The van der Waals surface area contributed by atoms with Crippen LogP contribution in [-0.4, -0.2) is 31.6 Å². The van der Waals surface area contributed by atoms with Gasteiger partial charge in [-0.05, 0) is 30.5 Å². The SMILES string of the molecule is O=C(CC(=O)Nc1ccc2c(c1)OCCO2)NCCCc1ccccc1. The Morgan fingerprint density at radius 1 is 0.923 bits per heavy atom. The van der Waals surface area contributed by atoms with Crippen molar-refractivity contribution in [3.05, 3.63) is 54.1 Å². The van der Waals surface area contributed by atoms with E-state index in [1.54, 1.807) is 18.2 Å². The molecule has 0 unspecified atom stereocenters. The molecule has 2 aromatic rings. The summed E-state index contributed by atoms with van der Waals surface area (Å²) in [7, 11) is 0. The molecule has 0 spiro atoms. The number of carbonyl (C=O) groups is 2. The van der Waals surface area contributed by atoms with Crippen LogP contribution >= 0.6 is 0 Å². The fourth-order valence-electron chi connectivity index (χ4n) is 2.70. The van der Waals surface area contributed by atoms with Gasteiger partial charge in [0.2, 0.25) is 11.8 Å². The van der Waals surface area contributed by atoms with Crippen LogP contribution in [0.1, 0.15) is 18.4 Å². The highest BCUT2D eigenvalue weighted by molar-refractivity contribution is 6.03. The molecule has 3 rings (SSSR count). The van der Waals surface area contributed by atoms with Gasteiger partial charge in [-0.15, -0.1) is 0 Å². The molecule has 0 bridgehead atoms. The highest BCUT2D eigenvalue weighted by Gasteiger charge is 2.14. The van der Waals surface area contributed by atoms with Crippen LogP contribution in [0.2, 0.25) is 0 Å². The molecule has 2 amide bonds. The van der Waals surface area contributed by atoms with Crippen molar-refractivity contribution < 1.29 is 19.1 Å². The van der Waals surface area contributed by atoms with Crippen LogP contribution in [0.3, 0.4) is 0 Å². The van der Waals surface area contributed by atoms with Crippen LogP contribution in [0.4, 0.5) is 5.69 Å². The minimum Gasteiger partial charge on any atom is -0.486 e. The Balaban J connectivity index is 1.38. The Morgan fingerprint density at radius 3 is 2.50 bits per heavy atom. The van der Waals surface area contributed by atoms with Crippen LogP contribution in [0.15, 0.2) is 48.5 Å². The molecule has 0 saturated heterocycles. The van der Waals surface area contributed by atoms with Gasteiger partial charge in [0, 0.05) is 18.3 Å². The maximum Gasteiger partial charge on any atom is 0.233 e. The third-order valence-electron chi connectivity index (χ3n) is 3.95. The van der Waals surface area contributed by atoms with Crippen LogP contribution in [0.25, 0.3) is 0 Å². The lowest BCUT2D eigenvalue weighted by Crippen LogP contribution is -2.29. The molecule has 0 aliphatic carbocycles. The van der Waals surface area contributed by atoms with Crippen LogP contribution in [0, 0.1) is 0 Å². The molecule has 2 aromatic carbocycles. The highest BCUT2D eigenvalue weighted by Crippen LogP contribution is 2.32. The number of anilines is 1. The molecular weight excluding hydrogens is 332 g/mol. The summed E-state index contributed by atoms with van der Waals surface area (Å²) in [6.45, 7) is 1.55. The molecule has 26 heavy (non-hydrogen) atoms. The van der Waals surface area contributed by atoms with Gasteiger partial charge in [0.1, 0.15) is 19.6 Å². The van der Waals surface area contributed by atoms with Crippen molar-refractivity contribution in [2.75, 3.05) is 25.1 Å². The first-order valence-corrected chi connectivity index (χ1v) is 8.71. The molecule has 0 fully saturated rings. The van der Waals surface area contributed by atoms with E-state index in [1.807, 2.05) is 18.2 Å². The van der Waals surface area contributed by atoms with E-state index >= 15 is 0 Å². The lowest BCUT2D eigenvalue weighted by molar-refractivity contribution is -0.126. The van der Waals surface area contributed by atoms with Gasteiger partial charge in [-0.3, -0.25) is 9.59 Å². The molecule has 1 aliphatic heterocycles. The first kappa shape index (κ1) is 17.8. The van der Waals surface area contributed by atoms with Gasteiger partial charge in [0.15, 0.2) is 11.5 Å². The number of amides is 2. The van der Waals surface area contributed by atoms with E-state index < -0.39 is 0 Å². The van der Waals surface area contributed by atoms with E-state index in [1.165, 1.54) is 5.56 Å². The molecule has 1 aliphatic rings. The van der Waals surface area contributed by atoms with Crippen molar-refractivity contribution in [2.45, 2.75) is 19.3 Å². The monoisotopic (exact) mass is 354 g/mol. The topological polar surface area (TPSA) is 76.7 Å². The van der Waals surface area contributed by atoms with Gasteiger partial charge in [-0.1, -0.05) is 30.3 Å². The normalized spacial score (nSPS) is 12.3. The maximum absolute atomic E-state index is 12.0. The highest BCUT2D eigenvalue weighted by atomic mass is 16.6. The van der Waals surface area contributed by atoms with Crippen molar-refractivity contribution >= 4 is 17.5 Å². The Kier molecular flexibility index (Phi) is 6.09. The quantitative estimate of drug-likeness (QED) is 0.592. The number of aryl methyl sites for hydroxylation is 1. The first-order chi connectivity index (χ1) is 12.7. The van der Waals surface area contributed by atoms with Gasteiger partial charge in [0.05, 0.1) is 0 Å². The molecule has 6 nitrogen and oxygen atoms in total. The van der Waals surface area contributed by atoms with Crippen LogP contribution < -0.4 is 20.1 Å². The van der Waals surface area contributed by atoms with Gasteiger partial charge >= 0.3 is 0 Å². The zero-order chi connectivity index (χ0) is 18.2. The third-order valence-corrected chi connectivity index (χ3v) is 3.95. The first-order valence-electron chi connectivity index (χ1n) is 8.71. The number of hydrogen-bond donors (Lipinski definition) is 2. The van der Waals surface area contributed by atoms with Crippen molar-refractivity contribution in [3.63, 3.8) is 0 Å². The Morgan fingerprint density at radius 2 is 1.69 bits per heavy atom. The number of benzene rings is 2. The Labute approximate surface area is 152 Å². The number of rotatable bonds is 7. The number of carbonyl (C=O) groups excluding carboxylic acids is 2. The van der Waals surface area contributed by atoms with Crippen LogP contribution in [-0.2, 0) is 16.0 Å². The largest absolute Gasteiger partial charge is 0.486 e. The molecule has 0 radical (unpaired) electrons. The molecule has 1 heterocycles. The van der Waals surface area contributed by atoms with E-state index in [-0.39, 0.29) is 18.2 Å². The lowest BCUT2D eigenvalue weighted by Gasteiger charge is -2.19. The van der Waals surface area contributed by atoms with Crippen molar-refractivity contribution in [2.24, 2.45) is 0 Å². The summed E-state index contributed by atoms with van der Waals surface area (Å²) in [6.07, 6.45) is 1.52. The molecule has 0 aromatic heterocycles. The van der Waals surface area contributed by atoms with Crippen LogP contribution in [0.5, 0.6) is 11.5 Å². The molecular formula is C20H22N2O4. The summed E-state index contributed by atoms with van der Waals surface area (Å²) in [6, 6.07) is 15.3. The molecule has 6 heteroatoms. The minimum atomic E-state index is -0.359. The zero-order valence-corrected chi connectivity index (χ0v) is 14.5. The molecule has 0 saturated carbocycles. The molecule has 2 N–H and O–H groups in total. The summed E-state index contributed by atoms with van der Waals surface area (Å²) >= 11 is 0. The van der Waals surface area contributed by atoms with E-state index in [0.29, 0.717) is 36.9 Å². The van der Waals surface area contributed by atoms with Crippen molar-refractivity contribution in [1.29, 1.82) is 0 Å². The van der Waals surface area contributed by atoms with E-state index in [2.05, 4.69) is 22.8 Å². The standard InChI is InChI=1S/C20H22N2O4/c23-19(21-10-4-7-15-5-2-1-3-6-15)14-20(24)22-16-8-9-17-18(13-16)26-12-11-25-17/h1-3,5-6,8-9,13H,4,7,10-12,14H2,(H,21,23)(H,22,24). The summed E-state index contributed by atoms with van der Waals surface area (Å²) in [5.74, 6) is 0.611. The second-order valence-corrected chi connectivity index (χ2v) is 6.02. The zero-order valence-electron chi connectivity index (χ0n) is 14.5. The summed E-state index contributed by atoms with van der Waals surface area (Å²) in [5, 5.41) is 5.48. The average molecular weight is 354 g/mol. The number of hydrogen-bond acceptors (Lipinski definition) is 4. The lowest BCUT2D eigenvalue weighted by atomic mass is 10.1. The second kappa shape index (κ2) is 8.89. The van der Waals surface area contributed by atoms with Gasteiger partial charge in [-0.25, -0.2) is 0 Å². The number of fused-ring (bicyclic) bond motifs is 1. The predicted octanol–water partition coefficient (Wildman–Crippen LogP) is 2.54. The number of ether oxygens (including phenoxy) is 2. The van der Waals surface area contributed by atoms with Gasteiger partial charge in [-0.2, -0.15) is 0 Å². The molecule has 0 atom stereocenters. The fraction of sp³-hybridized carbons (Fsp3) is 0.300. The summed E-state index contributed by atoms with van der Waals surface area (Å²) in [5.41, 5.74) is 1.81. The van der Waals surface area contributed by atoms with Crippen molar-refractivity contribution in [3.8, 4) is 11.5 Å². The molecule has 136 valence electrons. The summed E-state index contributed by atoms with van der Waals surface area (Å²) in [4.78, 5) is 23.9. The Bertz CT molecular complexity index is 762. The van der Waals surface area contributed by atoms with E-state index in [0.717, 1.165) is 12.8 Å². The predicted molar refractivity (Wildman–Crippen MR) is 98.5 cm³/mol. The fourth-order valence-corrected chi connectivity index (χ4v) is 2.70. The van der Waals surface area contributed by atoms with E-state index in [9.17, 15) is 9.59 Å². The number of nitrogens with one attached hydrogen (secondary N) is 2. The second-order valence-electron chi connectivity index (χ2n) is 6.02. The van der Waals surface area contributed by atoms with E-state index in [4.69, 9.17) is 9.47 Å². The minimum absolute atomic E-state index is 0.209. The smallest absolute Gasteiger partial charge is 0.233 e.